The highest BCUT2D eigenvalue weighted by Crippen LogP contribution is 2.30. The molecule has 0 saturated heterocycles. The van der Waals surface area contributed by atoms with Crippen molar-refractivity contribution in [2.45, 2.75) is 0 Å². The molecule has 0 spiro atoms. The Bertz CT molecular complexity index is 647. The van der Waals surface area contributed by atoms with Crippen LogP contribution < -0.4 is 10.1 Å². The number of nitrogens with one attached hydrogen (secondary N) is 1. The minimum atomic E-state index is -0.504. The van der Waals surface area contributed by atoms with Crippen LogP contribution in [0.15, 0.2) is 42.5 Å². The van der Waals surface area contributed by atoms with Gasteiger partial charge in [-0.2, -0.15) is 0 Å². The van der Waals surface area contributed by atoms with Crippen molar-refractivity contribution in [3.8, 4) is 5.75 Å². The molecule has 2 aromatic carbocycles. The van der Waals surface area contributed by atoms with Gasteiger partial charge in [0.15, 0.2) is 0 Å². The molecule has 0 amide bonds. The van der Waals surface area contributed by atoms with E-state index in [0.717, 1.165) is 5.75 Å². The molecule has 0 heterocycles. The van der Waals surface area contributed by atoms with Crippen LogP contribution in [0.25, 0.3) is 0 Å². The second kappa shape index (κ2) is 7.92. The summed E-state index contributed by atoms with van der Waals surface area (Å²) >= 11 is 12.1. The molecule has 0 aliphatic heterocycles. The molecule has 0 bridgehead atoms. The smallest absolute Gasteiger partial charge is 0.340 e. The number of esters is 1. The van der Waals surface area contributed by atoms with E-state index >= 15 is 0 Å². The van der Waals surface area contributed by atoms with Gasteiger partial charge in [0.1, 0.15) is 12.4 Å². The summed E-state index contributed by atoms with van der Waals surface area (Å²) in [6.07, 6.45) is 0. The highest BCUT2D eigenvalue weighted by molar-refractivity contribution is 6.37. The number of ether oxygens (including phenoxy) is 2. The lowest BCUT2D eigenvalue weighted by Crippen LogP contribution is -2.15. The van der Waals surface area contributed by atoms with Crippen molar-refractivity contribution in [1.29, 1.82) is 0 Å². The minimum absolute atomic E-state index is 0.291. The maximum atomic E-state index is 11.8. The van der Waals surface area contributed by atoms with Gasteiger partial charge in [0.05, 0.1) is 23.4 Å². The van der Waals surface area contributed by atoms with Gasteiger partial charge in [-0.25, -0.2) is 4.79 Å². The van der Waals surface area contributed by atoms with Crippen LogP contribution >= 0.6 is 23.2 Å². The van der Waals surface area contributed by atoms with Crippen LogP contribution in [-0.2, 0) is 4.74 Å². The summed E-state index contributed by atoms with van der Waals surface area (Å²) in [5.41, 5.74) is 0.772. The zero-order valence-electron chi connectivity index (χ0n) is 11.9. The fourth-order valence-electron chi connectivity index (χ4n) is 1.89. The third kappa shape index (κ3) is 4.29. The number of rotatable bonds is 6. The zero-order chi connectivity index (χ0) is 15.9. The number of hydrogen-bond acceptors (Lipinski definition) is 4. The second-order valence-corrected chi connectivity index (χ2v) is 5.23. The number of benzene rings is 2. The predicted octanol–water partition coefficient (Wildman–Crippen LogP) is 4.27. The van der Waals surface area contributed by atoms with Crippen LogP contribution in [0.5, 0.6) is 5.75 Å². The summed E-state index contributed by atoms with van der Waals surface area (Å²) in [4.78, 5) is 11.8. The Labute approximate surface area is 138 Å². The first-order valence-electron chi connectivity index (χ1n) is 6.61. The molecule has 2 rings (SSSR count). The molecule has 0 aliphatic carbocycles. The van der Waals surface area contributed by atoms with E-state index in [0.29, 0.717) is 34.4 Å². The topological polar surface area (TPSA) is 47.6 Å². The van der Waals surface area contributed by atoms with Crippen molar-refractivity contribution in [2.75, 3.05) is 25.6 Å². The number of hydrogen-bond donors (Lipinski definition) is 1. The van der Waals surface area contributed by atoms with Gasteiger partial charge >= 0.3 is 5.97 Å². The summed E-state index contributed by atoms with van der Waals surface area (Å²) in [6.45, 7) is 0.893. The van der Waals surface area contributed by atoms with Gasteiger partial charge in [-0.3, -0.25) is 0 Å². The number of methoxy groups -OCH3 is 1. The van der Waals surface area contributed by atoms with Gasteiger partial charge in [-0.1, -0.05) is 41.4 Å². The Hall–Kier alpha value is -1.91. The van der Waals surface area contributed by atoms with Crippen LogP contribution in [0.3, 0.4) is 0 Å². The van der Waals surface area contributed by atoms with E-state index in [9.17, 15) is 4.79 Å². The fraction of sp³-hybridized carbons (Fsp3) is 0.188. The molecule has 4 nitrogen and oxygen atoms in total. The van der Waals surface area contributed by atoms with Gasteiger partial charge in [-0.15, -0.1) is 0 Å². The maximum Gasteiger partial charge on any atom is 0.340 e. The first-order chi connectivity index (χ1) is 10.6. The Morgan fingerprint density at radius 1 is 1.18 bits per heavy atom. The van der Waals surface area contributed by atoms with Gasteiger partial charge in [0.2, 0.25) is 0 Å². The van der Waals surface area contributed by atoms with E-state index in [-0.39, 0.29) is 0 Å². The van der Waals surface area contributed by atoms with E-state index < -0.39 is 5.97 Å². The summed E-state index contributed by atoms with van der Waals surface area (Å²) in [7, 11) is 1.30. The number of halogens is 2. The Kier molecular flexibility index (Phi) is 5.92. The van der Waals surface area contributed by atoms with Crippen molar-refractivity contribution in [2.24, 2.45) is 0 Å². The summed E-state index contributed by atoms with van der Waals surface area (Å²) < 4.78 is 10.3. The summed E-state index contributed by atoms with van der Waals surface area (Å²) in [6, 6.07) is 12.5. The van der Waals surface area contributed by atoms with Crippen molar-refractivity contribution in [3.63, 3.8) is 0 Å². The number of para-hydroxylation sites is 1. The van der Waals surface area contributed by atoms with Crippen molar-refractivity contribution in [1.82, 2.24) is 0 Å². The average molecular weight is 340 g/mol. The average Bonchev–Trinajstić information content (AvgIpc) is 2.52. The largest absolute Gasteiger partial charge is 0.492 e. The van der Waals surface area contributed by atoms with Crippen LogP contribution in [0, 0.1) is 0 Å². The molecule has 0 saturated carbocycles. The monoisotopic (exact) mass is 339 g/mol. The van der Waals surface area contributed by atoms with Crippen molar-refractivity contribution >= 4 is 34.9 Å². The Morgan fingerprint density at radius 3 is 2.59 bits per heavy atom. The van der Waals surface area contributed by atoms with Crippen LogP contribution in [0.4, 0.5) is 5.69 Å². The third-order valence-electron chi connectivity index (χ3n) is 2.88. The molecule has 1 N–H and O–H groups in total. The van der Waals surface area contributed by atoms with E-state index in [4.69, 9.17) is 32.7 Å². The highest BCUT2D eigenvalue weighted by atomic mass is 35.5. The van der Waals surface area contributed by atoms with Gasteiger partial charge in [0, 0.05) is 11.6 Å². The van der Waals surface area contributed by atoms with E-state index in [1.165, 1.54) is 13.2 Å². The quantitative estimate of drug-likeness (QED) is 0.630. The van der Waals surface area contributed by atoms with E-state index in [1.807, 2.05) is 30.3 Å². The summed E-state index contributed by atoms with van der Waals surface area (Å²) in [5.74, 6) is 0.274. The van der Waals surface area contributed by atoms with Crippen molar-refractivity contribution in [3.05, 3.63) is 58.1 Å². The molecule has 0 radical (unpaired) electrons. The molecule has 0 atom stereocenters. The SMILES string of the molecule is COC(=O)c1cc(Cl)cc(Cl)c1NCCOc1ccccc1. The molecule has 0 unspecified atom stereocenters. The second-order valence-electron chi connectivity index (χ2n) is 4.39. The number of carbonyl (C=O) groups is 1. The standard InChI is InChI=1S/C16H15Cl2NO3/c1-21-16(20)13-9-11(17)10-14(18)15(13)19-7-8-22-12-5-3-2-4-6-12/h2-6,9-10,19H,7-8H2,1H3. The first kappa shape index (κ1) is 16.5. The lowest BCUT2D eigenvalue weighted by atomic mass is 10.1. The van der Waals surface area contributed by atoms with Gasteiger partial charge in [0.25, 0.3) is 0 Å². The molecule has 6 heteroatoms. The highest BCUT2D eigenvalue weighted by Gasteiger charge is 2.16. The molecule has 0 aliphatic rings. The Balaban J connectivity index is 2.01. The van der Waals surface area contributed by atoms with Crippen LogP contribution in [-0.4, -0.2) is 26.2 Å². The summed E-state index contributed by atoms with van der Waals surface area (Å²) in [5, 5.41) is 3.80. The van der Waals surface area contributed by atoms with Crippen LogP contribution in [0.1, 0.15) is 10.4 Å². The minimum Gasteiger partial charge on any atom is -0.492 e. The van der Waals surface area contributed by atoms with E-state index in [2.05, 4.69) is 5.32 Å². The third-order valence-corrected chi connectivity index (χ3v) is 3.39. The molecule has 22 heavy (non-hydrogen) atoms. The first-order valence-corrected chi connectivity index (χ1v) is 7.36. The molecule has 0 aromatic heterocycles. The fourth-order valence-corrected chi connectivity index (χ4v) is 2.45. The lowest BCUT2D eigenvalue weighted by molar-refractivity contribution is 0.0602. The number of anilines is 1. The van der Waals surface area contributed by atoms with Crippen LogP contribution in [0.2, 0.25) is 10.0 Å². The Morgan fingerprint density at radius 2 is 1.91 bits per heavy atom. The number of carbonyl (C=O) groups excluding carboxylic acids is 1. The maximum absolute atomic E-state index is 11.8. The lowest BCUT2D eigenvalue weighted by Gasteiger charge is -2.13. The van der Waals surface area contributed by atoms with Crippen molar-refractivity contribution < 1.29 is 14.3 Å². The predicted molar refractivity (Wildman–Crippen MR) is 88.2 cm³/mol. The van der Waals surface area contributed by atoms with Gasteiger partial charge in [-0.05, 0) is 24.3 Å². The zero-order valence-corrected chi connectivity index (χ0v) is 13.4. The van der Waals surface area contributed by atoms with Gasteiger partial charge < -0.3 is 14.8 Å². The van der Waals surface area contributed by atoms with E-state index in [1.54, 1.807) is 6.07 Å². The molecular weight excluding hydrogens is 325 g/mol. The molecule has 116 valence electrons. The molecule has 0 fully saturated rings. The normalized spacial score (nSPS) is 10.1. The molecular formula is C16H15Cl2NO3. The molecule has 2 aromatic rings.